The van der Waals surface area contributed by atoms with Gasteiger partial charge in [-0.1, -0.05) is 23.9 Å². The van der Waals surface area contributed by atoms with E-state index in [1.165, 1.54) is 11.8 Å². The lowest BCUT2D eigenvalue weighted by Crippen LogP contribution is -2.39. The summed E-state index contributed by atoms with van der Waals surface area (Å²) in [4.78, 5) is 35.2. The number of nitrogens with zero attached hydrogens (tertiary/aromatic N) is 3. The van der Waals surface area contributed by atoms with Gasteiger partial charge < -0.3 is 24.0 Å². The highest BCUT2D eigenvalue weighted by molar-refractivity contribution is 8.16. The van der Waals surface area contributed by atoms with Crippen LogP contribution in [0.3, 0.4) is 0 Å². The van der Waals surface area contributed by atoms with Crippen LogP contribution in [-0.2, 0) is 14.3 Å². The van der Waals surface area contributed by atoms with Crippen LogP contribution in [0.5, 0.6) is 11.5 Å². The first-order valence-electron chi connectivity index (χ1n) is 11.8. The van der Waals surface area contributed by atoms with Gasteiger partial charge in [0.25, 0.3) is 0 Å². The number of allylic oxidation sites excluding steroid dienone is 1. The first kappa shape index (κ1) is 25.2. The molecule has 0 spiro atoms. The number of thioether (sulfide) groups is 1. The monoisotopic (exact) mass is 499 g/mol. The minimum absolute atomic E-state index is 0.0806. The van der Waals surface area contributed by atoms with Crippen molar-refractivity contribution in [2.24, 2.45) is 4.99 Å². The van der Waals surface area contributed by atoms with Gasteiger partial charge in [-0.15, -0.1) is 0 Å². The number of ether oxygens (including phenoxy) is 3. The van der Waals surface area contributed by atoms with Gasteiger partial charge in [-0.05, 0) is 52.0 Å². The van der Waals surface area contributed by atoms with E-state index in [4.69, 9.17) is 19.2 Å². The number of amidine groups is 1. The van der Waals surface area contributed by atoms with Crippen LogP contribution in [0.1, 0.15) is 58.6 Å². The number of para-hydroxylation sites is 1. The Morgan fingerprint density at radius 3 is 2.49 bits per heavy atom. The zero-order valence-electron chi connectivity index (χ0n) is 21.2. The molecule has 1 fully saturated rings. The fourth-order valence-corrected chi connectivity index (χ4v) is 5.58. The molecule has 0 N–H and O–H groups in total. The van der Waals surface area contributed by atoms with E-state index in [1.807, 2.05) is 61.1 Å². The molecular weight excluding hydrogens is 466 g/mol. The number of fused-ring (bicyclic) bond motifs is 1. The van der Waals surface area contributed by atoms with E-state index in [0.29, 0.717) is 27.9 Å². The SMILES string of the molecule is COc1cccc([C@H]2C(C(=O)OC(C)(C)C)=C(C)N=C3SC=C(CC(=O)N4CCCC4)N32)c1OC. The summed E-state index contributed by atoms with van der Waals surface area (Å²) in [5.74, 6) is 0.713. The van der Waals surface area contributed by atoms with E-state index in [9.17, 15) is 9.59 Å². The van der Waals surface area contributed by atoms with E-state index in [2.05, 4.69) is 0 Å². The number of hydrogen-bond donors (Lipinski definition) is 0. The Hall–Kier alpha value is -2.94. The summed E-state index contributed by atoms with van der Waals surface area (Å²) in [6.45, 7) is 8.91. The Morgan fingerprint density at radius 1 is 1.14 bits per heavy atom. The van der Waals surface area contributed by atoms with E-state index in [0.717, 1.165) is 37.2 Å². The topological polar surface area (TPSA) is 80.7 Å². The van der Waals surface area contributed by atoms with E-state index < -0.39 is 17.6 Å². The Balaban J connectivity index is 1.81. The molecule has 1 saturated heterocycles. The number of esters is 1. The quantitative estimate of drug-likeness (QED) is 0.528. The smallest absolute Gasteiger partial charge is 0.338 e. The van der Waals surface area contributed by atoms with Crippen molar-refractivity contribution in [3.05, 3.63) is 46.1 Å². The lowest BCUT2D eigenvalue weighted by Gasteiger charge is -2.37. The number of carbonyl (C=O) groups excluding carboxylic acids is 2. The highest BCUT2D eigenvalue weighted by Crippen LogP contribution is 2.49. The summed E-state index contributed by atoms with van der Waals surface area (Å²) in [6.07, 6.45) is 2.30. The molecule has 3 aliphatic rings. The van der Waals surface area contributed by atoms with Gasteiger partial charge in [0, 0.05) is 24.4 Å². The summed E-state index contributed by atoms with van der Waals surface area (Å²) in [5, 5.41) is 2.67. The van der Waals surface area contributed by atoms with Crippen LogP contribution >= 0.6 is 11.8 Å². The van der Waals surface area contributed by atoms with Crippen LogP contribution in [0, 0.1) is 0 Å². The fraction of sp³-hybridized carbons (Fsp3) is 0.500. The van der Waals surface area contributed by atoms with Gasteiger partial charge in [0.05, 0.1) is 38.0 Å². The third kappa shape index (κ3) is 5.05. The number of methoxy groups -OCH3 is 2. The van der Waals surface area contributed by atoms with Crippen LogP contribution in [0.25, 0.3) is 0 Å². The lowest BCUT2D eigenvalue weighted by molar-refractivity contribution is -0.150. The van der Waals surface area contributed by atoms with Crippen LogP contribution in [-0.4, -0.2) is 59.8 Å². The van der Waals surface area contributed by atoms with Gasteiger partial charge >= 0.3 is 5.97 Å². The number of carbonyl (C=O) groups is 2. The van der Waals surface area contributed by atoms with E-state index in [-0.39, 0.29) is 12.3 Å². The highest BCUT2D eigenvalue weighted by Gasteiger charge is 2.43. The normalized spacial score (nSPS) is 19.9. The number of likely N-dealkylation sites (tertiary alicyclic amines) is 1. The standard InChI is InChI=1S/C26H33N3O5S/c1-16-21(24(31)34-26(2,3)4)22(18-10-9-11-19(32-5)23(18)33-6)29-17(15-35-25(29)27-16)14-20(30)28-12-7-8-13-28/h9-11,15,22H,7-8,12-14H2,1-6H3/t22-/m0/s1. The van der Waals surface area contributed by atoms with Crippen LogP contribution < -0.4 is 9.47 Å². The first-order chi connectivity index (χ1) is 16.6. The van der Waals surface area contributed by atoms with Crippen molar-refractivity contribution in [1.29, 1.82) is 0 Å². The minimum atomic E-state index is -0.679. The zero-order chi connectivity index (χ0) is 25.3. The van der Waals surface area contributed by atoms with E-state index >= 15 is 0 Å². The van der Waals surface area contributed by atoms with Gasteiger partial charge in [-0.2, -0.15) is 0 Å². The molecule has 1 amide bonds. The number of hydrogen-bond acceptors (Lipinski definition) is 8. The Labute approximate surface area is 211 Å². The van der Waals surface area contributed by atoms with Crippen LogP contribution in [0.2, 0.25) is 0 Å². The molecule has 35 heavy (non-hydrogen) atoms. The molecule has 1 aromatic rings. The molecule has 9 heteroatoms. The minimum Gasteiger partial charge on any atom is -0.493 e. The summed E-state index contributed by atoms with van der Waals surface area (Å²) in [5.41, 5.74) is 1.85. The Kier molecular flexibility index (Phi) is 7.17. The molecule has 4 rings (SSSR count). The molecule has 0 bridgehead atoms. The third-order valence-electron chi connectivity index (χ3n) is 6.14. The average molecular weight is 500 g/mol. The number of amides is 1. The third-order valence-corrected chi connectivity index (χ3v) is 7.03. The molecule has 0 aromatic heterocycles. The molecule has 0 unspecified atom stereocenters. The van der Waals surface area contributed by atoms with Crippen molar-refractivity contribution >= 4 is 28.8 Å². The molecule has 3 heterocycles. The summed E-state index contributed by atoms with van der Waals surface area (Å²) < 4.78 is 17.1. The maximum absolute atomic E-state index is 13.5. The predicted octanol–water partition coefficient (Wildman–Crippen LogP) is 4.63. The van der Waals surface area contributed by atoms with Crippen molar-refractivity contribution in [1.82, 2.24) is 9.80 Å². The van der Waals surface area contributed by atoms with Crippen molar-refractivity contribution < 1.29 is 23.8 Å². The first-order valence-corrected chi connectivity index (χ1v) is 12.7. The molecule has 0 aliphatic carbocycles. The Bertz CT molecular complexity index is 1110. The van der Waals surface area contributed by atoms with Crippen molar-refractivity contribution in [2.75, 3.05) is 27.3 Å². The second-order valence-electron chi connectivity index (χ2n) is 9.74. The fourth-order valence-electron chi connectivity index (χ4n) is 4.62. The van der Waals surface area contributed by atoms with Gasteiger partial charge in [0.15, 0.2) is 16.7 Å². The average Bonchev–Trinajstić information content (AvgIpc) is 3.47. The summed E-state index contributed by atoms with van der Waals surface area (Å²) >= 11 is 1.46. The maximum atomic E-state index is 13.5. The number of rotatable bonds is 6. The molecule has 3 aliphatic heterocycles. The molecule has 0 radical (unpaired) electrons. The van der Waals surface area contributed by atoms with Gasteiger partial charge in [0.1, 0.15) is 5.60 Å². The highest BCUT2D eigenvalue weighted by atomic mass is 32.2. The summed E-state index contributed by atoms with van der Waals surface area (Å²) in [7, 11) is 3.16. The predicted molar refractivity (Wildman–Crippen MR) is 136 cm³/mol. The van der Waals surface area contributed by atoms with Gasteiger partial charge in [-0.25, -0.2) is 9.79 Å². The van der Waals surface area contributed by atoms with Crippen LogP contribution in [0.15, 0.2) is 45.6 Å². The largest absolute Gasteiger partial charge is 0.493 e. The molecule has 0 saturated carbocycles. The van der Waals surface area contributed by atoms with Crippen molar-refractivity contribution in [3.8, 4) is 11.5 Å². The lowest BCUT2D eigenvalue weighted by atomic mass is 9.92. The summed E-state index contributed by atoms with van der Waals surface area (Å²) in [6, 6.07) is 5.01. The molecule has 1 aromatic carbocycles. The molecule has 1 atom stereocenters. The molecular formula is C26H33N3O5S. The number of aliphatic imine (C=N–C) groups is 1. The maximum Gasteiger partial charge on any atom is 0.338 e. The van der Waals surface area contributed by atoms with Gasteiger partial charge in [-0.3, -0.25) is 4.79 Å². The van der Waals surface area contributed by atoms with Crippen LogP contribution in [0.4, 0.5) is 0 Å². The molecule has 8 nitrogen and oxygen atoms in total. The Morgan fingerprint density at radius 2 is 1.86 bits per heavy atom. The van der Waals surface area contributed by atoms with Gasteiger partial charge in [0.2, 0.25) is 5.91 Å². The second-order valence-corrected chi connectivity index (χ2v) is 10.6. The molecule has 188 valence electrons. The second kappa shape index (κ2) is 9.97. The zero-order valence-corrected chi connectivity index (χ0v) is 22.0. The van der Waals surface area contributed by atoms with E-state index in [1.54, 1.807) is 14.2 Å². The van der Waals surface area contributed by atoms with Crippen molar-refractivity contribution in [2.45, 2.75) is 58.6 Å². The van der Waals surface area contributed by atoms with Crippen molar-refractivity contribution in [3.63, 3.8) is 0 Å². The number of benzene rings is 1.